The molecule has 5 nitrogen and oxygen atoms in total. The number of nitrogens with zero attached hydrogens (tertiary/aromatic N) is 3. The number of piperidine rings is 1. The van der Waals surface area contributed by atoms with Crippen molar-refractivity contribution in [3.63, 3.8) is 0 Å². The van der Waals surface area contributed by atoms with E-state index in [1.807, 2.05) is 11.9 Å². The number of rotatable bonds is 5. The van der Waals surface area contributed by atoms with Gasteiger partial charge in [-0.15, -0.1) is 6.42 Å². The summed E-state index contributed by atoms with van der Waals surface area (Å²) in [5.41, 5.74) is -0.962. The number of aliphatic hydroxyl groups is 1. The van der Waals surface area contributed by atoms with Crippen molar-refractivity contribution < 1.29 is 22.7 Å². The van der Waals surface area contributed by atoms with Crippen LogP contribution in [0, 0.1) is 12.3 Å². The van der Waals surface area contributed by atoms with Gasteiger partial charge in [0.25, 0.3) is 0 Å². The van der Waals surface area contributed by atoms with Gasteiger partial charge in [0.15, 0.2) is 5.65 Å². The third kappa shape index (κ3) is 5.00. The Hall–Kier alpha value is -2.31. The predicted octanol–water partition coefficient (Wildman–Crippen LogP) is 2.82. The fourth-order valence-electron chi connectivity index (χ4n) is 3.59. The second-order valence-electron chi connectivity index (χ2n) is 7.83. The minimum absolute atomic E-state index is 0.0692. The Morgan fingerprint density at radius 3 is 2.72 bits per heavy atom. The van der Waals surface area contributed by atoms with Gasteiger partial charge in [-0.1, -0.05) is 5.92 Å². The zero-order valence-electron chi connectivity index (χ0n) is 16.3. The van der Waals surface area contributed by atoms with Crippen LogP contribution in [0.1, 0.15) is 24.7 Å². The molecule has 2 N–H and O–H groups in total. The molecular formula is C20H24F4N4O. The van der Waals surface area contributed by atoms with Crippen LogP contribution >= 0.6 is 0 Å². The van der Waals surface area contributed by atoms with Crippen LogP contribution in [0.25, 0.3) is 5.65 Å². The second kappa shape index (κ2) is 7.84. The van der Waals surface area contributed by atoms with Gasteiger partial charge < -0.3 is 19.7 Å². The Bertz CT molecular complexity index is 916. The van der Waals surface area contributed by atoms with Crippen LogP contribution in [0.2, 0.25) is 0 Å². The normalized spacial score (nSPS) is 23.0. The molecule has 9 heteroatoms. The van der Waals surface area contributed by atoms with E-state index in [2.05, 4.69) is 16.2 Å². The lowest BCUT2D eigenvalue weighted by Crippen LogP contribution is -2.46. The summed E-state index contributed by atoms with van der Waals surface area (Å²) >= 11 is 0. The maximum Gasteiger partial charge on any atom is 0.394 e. The van der Waals surface area contributed by atoms with E-state index < -0.39 is 30.4 Å². The number of hydrogen-bond donors (Lipinski definition) is 2. The van der Waals surface area contributed by atoms with Crippen LogP contribution in [-0.4, -0.2) is 63.5 Å². The SMILES string of the molecule is C#CC(C)(O)Cc1nc2c(N[C@@H]3CCN(C)C[C@@H]3F)cccn2c1CC(F)(F)F. The number of aromatic nitrogens is 2. The zero-order chi connectivity index (χ0) is 21.4. The summed E-state index contributed by atoms with van der Waals surface area (Å²) in [6, 6.07) is 2.79. The number of hydrogen-bond acceptors (Lipinski definition) is 4. The highest BCUT2D eigenvalue weighted by Gasteiger charge is 2.34. The molecule has 3 rings (SSSR count). The Morgan fingerprint density at radius 2 is 2.10 bits per heavy atom. The monoisotopic (exact) mass is 412 g/mol. The smallest absolute Gasteiger partial charge is 0.378 e. The lowest BCUT2D eigenvalue weighted by molar-refractivity contribution is -0.128. The molecule has 0 radical (unpaired) electrons. The van der Waals surface area contributed by atoms with E-state index in [9.17, 15) is 22.7 Å². The van der Waals surface area contributed by atoms with Crippen molar-refractivity contribution >= 4 is 11.3 Å². The second-order valence-corrected chi connectivity index (χ2v) is 7.83. The molecule has 0 saturated carbocycles. The first-order valence-electron chi connectivity index (χ1n) is 9.34. The number of imidazole rings is 1. The van der Waals surface area contributed by atoms with Gasteiger partial charge in [-0.05, 0) is 32.5 Å². The predicted molar refractivity (Wildman–Crippen MR) is 103 cm³/mol. The lowest BCUT2D eigenvalue weighted by atomic mass is 9.99. The molecule has 29 heavy (non-hydrogen) atoms. The molecule has 2 aromatic heterocycles. The fourth-order valence-corrected chi connectivity index (χ4v) is 3.59. The number of fused-ring (bicyclic) bond motifs is 1. The number of anilines is 1. The molecule has 3 heterocycles. The molecule has 0 aliphatic carbocycles. The summed E-state index contributed by atoms with van der Waals surface area (Å²) in [4.78, 5) is 6.24. The maximum absolute atomic E-state index is 14.4. The van der Waals surface area contributed by atoms with Crippen LogP contribution in [0.15, 0.2) is 18.3 Å². The summed E-state index contributed by atoms with van der Waals surface area (Å²) in [7, 11) is 1.84. The Kier molecular flexibility index (Phi) is 5.79. The molecule has 1 fully saturated rings. The van der Waals surface area contributed by atoms with Crippen LogP contribution < -0.4 is 5.32 Å². The fraction of sp³-hybridized carbons (Fsp3) is 0.550. The van der Waals surface area contributed by atoms with Gasteiger partial charge in [0, 0.05) is 25.7 Å². The maximum atomic E-state index is 14.4. The van der Waals surface area contributed by atoms with Crippen molar-refractivity contribution in [1.82, 2.24) is 14.3 Å². The van der Waals surface area contributed by atoms with Crippen LogP contribution in [0.3, 0.4) is 0 Å². The van der Waals surface area contributed by atoms with E-state index in [1.54, 1.807) is 12.1 Å². The van der Waals surface area contributed by atoms with E-state index in [0.29, 0.717) is 18.7 Å². The molecule has 3 atom stereocenters. The van der Waals surface area contributed by atoms with Crippen molar-refractivity contribution in [2.24, 2.45) is 0 Å². The highest BCUT2D eigenvalue weighted by atomic mass is 19.4. The summed E-state index contributed by atoms with van der Waals surface area (Å²) in [5, 5.41) is 13.3. The molecule has 0 spiro atoms. The van der Waals surface area contributed by atoms with Gasteiger partial charge in [-0.3, -0.25) is 0 Å². The standard InChI is InChI=1S/C20H24F4N4O/c1-4-19(2,29)10-16-17(11-20(22,23)24)28-8-5-6-15(18(28)26-16)25-14-7-9-27(3)12-13(14)21/h1,5-6,8,13-14,25,29H,7,9-12H2,2-3H3/t13-,14+,19?/m0/s1. The number of alkyl halides is 4. The molecule has 1 saturated heterocycles. The molecule has 0 aromatic carbocycles. The average Bonchev–Trinajstić information content (AvgIpc) is 2.93. The minimum Gasteiger partial charge on any atom is -0.378 e. The van der Waals surface area contributed by atoms with Crippen LogP contribution in [0.4, 0.5) is 23.2 Å². The molecule has 158 valence electrons. The lowest BCUT2D eigenvalue weighted by Gasteiger charge is -2.33. The first-order valence-corrected chi connectivity index (χ1v) is 9.34. The molecule has 0 amide bonds. The Labute approximate surface area is 166 Å². The highest BCUT2D eigenvalue weighted by molar-refractivity contribution is 5.69. The van der Waals surface area contributed by atoms with Crippen LogP contribution in [-0.2, 0) is 12.8 Å². The van der Waals surface area contributed by atoms with Gasteiger partial charge in [-0.25, -0.2) is 9.37 Å². The molecular weight excluding hydrogens is 388 g/mol. The topological polar surface area (TPSA) is 52.8 Å². The van der Waals surface area contributed by atoms with Gasteiger partial charge in [0.1, 0.15) is 11.8 Å². The number of likely N-dealkylation sites (tertiary alicyclic amines) is 1. The van der Waals surface area contributed by atoms with E-state index in [-0.39, 0.29) is 30.0 Å². The summed E-state index contributed by atoms with van der Waals surface area (Å²) in [6.45, 7) is 2.34. The van der Waals surface area contributed by atoms with Gasteiger partial charge in [-0.2, -0.15) is 13.2 Å². The van der Waals surface area contributed by atoms with Crippen LogP contribution in [0.5, 0.6) is 0 Å². The number of pyridine rings is 1. The van der Waals surface area contributed by atoms with E-state index in [1.165, 1.54) is 17.5 Å². The molecule has 1 aliphatic heterocycles. The van der Waals surface area contributed by atoms with Crippen molar-refractivity contribution in [3.05, 3.63) is 29.7 Å². The first-order chi connectivity index (χ1) is 13.5. The zero-order valence-corrected chi connectivity index (χ0v) is 16.3. The van der Waals surface area contributed by atoms with Crippen molar-refractivity contribution in [2.75, 3.05) is 25.5 Å². The third-order valence-corrected chi connectivity index (χ3v) is 5.11. The number of terminal acetylenes is 1. The average molecular weight is 412 g/mol. The van der Waals surface area contributed by atoms with Gasteiger partial charge in [0.2, 0.25) is 0 Å². The molecule has 1 unspecified atom stereocenters. The Balaban J connectivity index is 2.01. The van der Waals surface area contributed by atoms with Crippen molar-refractivity contribution in [2.45, 2.75) is 50.2 Å². The van der Waals surface area contributed by atoms with E-state index in [0.717, 1.165) is 0 Å². The van der Waals surface area contributed by atoms with Crippen molar-refractivity contribution in [1.29, 1.82) is 0 Å². The van der Waals surface area contributed by atoms with Gasteiger partial charge in [0.05, 0.1) is 29.5 Å². The number of nitrogens with one attached hydrogen (secondary N) is 1. The molecule has 0 bridgehead atoms. The quantitative estimate of drug-likeness (QED) is 0.586. The summed E-state index contributed by atoms with van der Waals surface area (Å²) in [6.07, 6.45) is 0.314. The Morgan fingerprint density at radius 1 is 1.38 bits per heavy atom. The van der Waals surface area contributed by atoms with E-state index >= 15 is 0 Å². The summed E-state index contributed by atoms with van der Waals surface area (Å²) in [5.74, 6) is 2.17. The number of halogens is 4. The van der Waals surface area contributed by atoms with Gasteiger partial charge >= 0.3 is 6.18 Å². The highest BCUT2D eigenvalue weighted by Crippen LogP contribution is 2.30. The first kappa shape index (κ1) is 21.4. The third-order valence-electron chi connectivity index (χ3n) is 5.11. The molecule has 2 aromatic rings. The minimum atomic E-state index is -4.46. The molecule has 1 aliphatic rings. The van der Waals surface area contributed by atoms with E-state index in [4.69, 9.17) is 6.42 Å². The largest absolute Gasteiger partial charge is 0.394 e. The van der Waals surface area contributed by atoms with Crippen molar-refractivity contribution in [3.8, 4) is 12.3 Å². The summed E-state index contributed by atoms with van der Waals surface area (Å²) < 4.78 is 55.3.